The predicted octanol–water partition coefficient (Wildman–Crippen LogP) is 2.94. The van der Waals surface area contributed by atoms with Gasteiger partial charge in [0.1, 0.15) is 11.6 Å². The number of nitrogens with zero attached hydrogens (tertiary/aromatic N) is 4. The molecule has 0 radical (unpaired) electrons. The average Bonchev–Trinajstić information content (AvgIpc) is 2.80. The molecule has 1 saturated heterocycles. The van der Waals surface area contributed by atoms with Crippen LogP contribution in [-0.4, -0.2) is 54.7 Å². The largest absolute Gasteiger partial charge is 0.497 e. The van der Waals surface area contributed by atoms with Crippen LogP contribution in [0.2, 0.25) is 0 Å². The Morgan fingerprint density at radius 3 is 2.76 bits per heavy atom. The van der Waals surface area contributed by atoms with E-state index in [2.05, 4.69) is 20.2 Å². The van der Waals surface area contributed by atoms with Crippen LogP contribution in [0.15, 0.2) is 48.8 Å². The molecule has 1 aromatic carbocycles. The number of hydrogen-bond donors (Lipinski definition) is 1. The van der Waals surface area contributed by atoms with Gasteiger partial charge in [0.15, 0.2) is 6.29 Å². The van der Waals surface area contributed by atoms with Gasteiger partial charge in [0.05, 0.1) is 43.5 Å². The van der Waals surface area contributed by atoms with Gasteiger partial charge < -0.3 is 19.7 Å². The van der Waals surface area contributed by atoms with Crippen molar-refractivity contribution in [3.05, 3.63) is 54.4 Å². The van der Waals surface area contributed by atoms with Crippen molar-refractivity contribution in [3.63, 3.8) is 0 Å². The molecule has 8 nitrogen and oxygen atoms in total. The fourth-order valence-electron chi connectivity index (χ4n) is 3.13. The zero-order valence-electron chi connectivity index (χ0n) is 16.0. The standard InChI is InChI=1S/C21H21N5O3/c1-28-17-6-2-4-15(12-17)19-18(14-27)20(23-16-5-3-7-22-13-16)25-21(24-19)26-8-10-29-11-9-26/h2-7,12-14H,8-11H2,1H3,(H,23,24,25). The lowest BCUT2D eigenvalue weighted by atomic mass is 10.1. The molecule has 1 N–H and O–H groups in total. The van der Waals surface area contributed by atoms with Gasteiger partial charge in [0.2, 0.25) is 5.95 Å². The number of aldehydes is 1. The molecule has 4 rings (SSSR count). The molecular weight excluding hydrogens is 370 g/mol. The number of nitrogens with one attached hydrogen (secondary N) is 1. The van der Waals surface area contributed by atoms with Gasteiger partial charge in [-0.1, -0.05) is 12.1 Å². The van der Waals surface area contributed by atoms with Crippen molar-refractivity contribution in [1.29, 1.82) is 0 Å². The molecule has 1 aliphatic rings. The van der Waals surface area contributed by atoms with Crippen LogP contribution >= 0.6 is 0 Å². The van der Waals surface area contributed by atoms with Crippen molar-refractivity contribution >= 4 is 23.7 Å². The van der Waals surface area contributed by atoms with E-state index < -0.39 is 0 Å². The summed E-state index contributed by atoms with van der Waals surface area (Å²) < 4.78 is 10.8. The van der Waals surface area contributed by atoms with Gasteiger partial charge in [0.25, 0.3) is 0 Å². The Kier molecular flexibility index (Phi) is 5.62. The Morgan fingerprint density at radius 2 is 2.03 bits per heavy atom. The lowest BCUT2D eigenvalue weighted by Gasteiger charge is -2.28. The summed E-state index contributed by atoms with van der Waals surface area (Å²) in [5.74, 6) is 1.66. The summed E-state index contributed by atoms with van der Waals surface area (Å²) in [6.07, 6.45) is 4.14. The summed E-state index contributed by atoms with van der Waals surface area (Å²) in [5, 5.41) is 3.21. The number of anilines is 3. The molecule has 0 spiro atoms. The molecule has 1 fully saturated rings. The summed E-state index contributed by atoms with van der Waals surface area (Å²) in [7, 11) is 1.61. The van der Waals surface area contributed by atoms with Crippen LogP contribution in [0.25, 0.3) is 11.3 Å². The highest BCUT2D eigenvalue weighted by atomic mass is 16.5. The predicted molar refractivity (Wildman–Crippen MR) is 110 cm³/mol. The Bertz CT molecular complexity index is 991. The van der Waals surface area contributed by atoms with Crippen molar-refractivity contribution in [2.24, 2.45) is 0 Å². The smallest absolute Gasteiger partial charge is 0.228 e. The molecule has 1 aliphatic heterocycles. The van der Waals surface area contributed by atoms with Crippen LogP contribution in [0.5, 0.6) is 5.75 Å². The number of rotatable bonds is 6. The van der Waals surface area contributed by atoms with E-state index in [9.17, 15) is 4.79 Å². The molecule has 3 heterocycles. The van der Waals surface area contributed by atoms with Gasteiger partial charge in [0, 0.05) is 24.8 Å². The van der Waals surface area contributed by atoms with Gasteiger partial charge in [-0.3, -0.25) is 9.78 Å². The van der Waals surface area contributed by atoms with Crippen molar-refractivity contribution in [2.45, 2.75) is 0 Å². The lowest BCUT2D eigenvalue weighted by molar-refractivity contribution is 0.112. The van der Waals surface area contributed by atoms with Gasteiger partial charge in [-0.15, -0.1) is 0 Å². The van der Waals surface area contributed by atoms with Gasteiger partial charge >= 0.3 is 0 Å². The number of pyridine rings is 1. The molecule has 29 heavy (non-hydrogen) atoms. The van der Waals surface area contributed by atoms with Crippen LogP contribution in [0.4, 0.5) is 17.5 Å². The molecular formula is C21H21N5O3. The molecule has 0 saturated carbocycles. The van der Waals surface area contributed by atoms with E-state index in [0.29, 0.717) is 55.1 Å². The Morgan fingerprint density at radius 1 is 1.17 bits per heavy atom. The number of ether oxygens (including phenoxy) is 2. The molecule has 8 heteroatoms. The van der Waals surface area contributed by atoms with E-state index in [1.807, 2.05) is 36.4 Å². The maximum Gasteiger partial charge on any atom is 0.228 e. The molecule has 0 bridgehead atoms. The third kappa shape index (κ3) is 4.17. The fraction of sp³-hybridized carbons (Fsp3) is 0.238. The van der Waals surface area contributed by atoms with Gasteiger partial charge in [-0.25, -0.2) is 4.98 Å². The van der Waals surface area contributed by atoms with E-state index in [1.165, 1.54) is 0 Å². The summed E-state index contributed by atoms with van der Waals surface area (Å²) in [4.78, 5) is 27.6. The molecule has 2 aromatic heterocycles. The van der Waals surface area contributed by atoms with Crippen LogP contribution in [0, 0.1) is 0 Å². The topological polar surface area (TPSA) is 89.5 Å². The highest BCUT2D eigenvalue weighted by Gasteiger charge is 2.21. The second kappa shape index (κ2) is 8.66. The minimum absolute atomic E-state index is 0.374. The van der Waals surface area contributed by atoms with Crippen molar-refractivity contribution in [3.8, 4) is 17.0 Å². The third-order valence-electron chi connectivity index (χ3n) is 4.61. The minimum Gasteiger partial charge on any atom is -0.497 e. The molecule has 0 aliphatic carbocycles. The number of carbonyl (C=O) groups is 1. The summed E-state index contributed by atoms with van der Waals surface area (Å²) in [5.41, 5.74) is 2.43. The Balaban J connectivity index is 1.84. The number of methoxy groups -OCH3 is 1. The first-order chi connectivity index (χ1) is 14.3. The van der Waals surface area contributed by atoms with Crippen molar-refractivity contribution in [2.75, 3.05) is 43.6 Å². The number of morpholine rings is 1. The molecule has 0 atom stereocenters. The first-order valence-corrected chi connectivity index (χ1v) is 9.30. The summed E-state index contributed by atoms with van der Waals surface area (Å²) >= 11 is 0. The second-order valence-corrected chi connectivity index (χ2v) is 6.45. The van der Waals surface area contributed by atoms with Crippen LogP contribution < -0.4 is 15.0 Å². The summed E-state index contributed by atoms with van der Waals surface area (Å²) in [6, 6.07) is 11.1. The zero-order chi connectivity index (χ0) is 20.1. The Hall–Kier alpha value is -3.52. The number of carbonyl (C=O) groups excluding carboxylic acids is 1. The lowest BCUT2D eigenvalue weighted by Crippen LogP contribution is -2.37. The highest BCUT2D eigenvalue weighted by molar-refractivity contribution is 5.93. The monoisotopic (exact) mass is 391 g/mol. The number of aromatic nitrogens is 3. The van der Waals surface area contributed by atoms with Crippen LogP contribution in [0.1, 0.15) is 10.4 Å². The maximum absolute atomic E-state index is 12.1. The highest BCUT2D eigenvalue weighted by Crippen LogP contribution is 2.31. The minimum atomic E-state index is 0.374. The van der Waals surface area contributed by atoms with E-state index in [0.717, 1.165) is 17.5 Å². The Labute approximate surface area is 168 Å². The number of hydrogen-bond acceptors (Lipinski definition) is 8. The van der Waals surface area contributed by atoms with E-state index >= 15 is 0 Å². The molecule has 148 valence electrons. The fourth-order valence-corrected chi connectivity index (χ4v) is 3.13. The SMILES string of the molecule is COc1cccc(-c2nc(N3CCOCC3)nc(Nc3cccnc3)c2C=O)c1. The van der Waals surface area contributed by atoms with E-state index in [-0.39, 0.29) is 0 Å². The average molecular weight is 391 g/mol. The molecule has 0 unspecified atom stereocenters. The first kappa shape index (κ1) is 18.8. The maximum atomic E-state index is 12.1. The molecule has 0 amide bonds. The zero-order valence-corrected chi connectivity index (χ0v) is 16.0. The number of benzene rings is 1. The van der Waals surface area contributed by atoms with E-state index in [4.69, 9.17) is 14.5 Å². The van der Waals surface area contributed by atoms with Gasteiger partial charge in [-0.05, 0) is 24.3 Å². The molecule has 3 aromatic rings. The van der Waals surface area contributed by atoms with Crippen LogP contribution in [0.3, 0.4) is 0 Å². The normalized spacial score (nSPS) is 13.8. The van der Waals surface area contributed by atoms with Gasteiger partial charge in [-0.2, -0.15) is 4.98 Å². The quantitative estimate of drug-likeness (QED) is 0.642. The second-order valence-electron chi connectivity index (χ2n) is 6.45. The van der Waals surface area contributed by atoms with Crippen molar-refractivity contribution in [1.82, 2.24) is 15.0 Å². The van der Waals surface area contributed by atoms with Crippen LogP contribution in [-0.2, 0) is 4.74 Å². The van der Waals surface area contributed by atoms with E-state index in [1.54, 1.807) is 19.5 Å². The first-order valence-electron chi connectivity index (χ1n) is 9.30. The third-order valence-corrected chi connectivity index (χ3v) is 4.61. The summed E-state index contributed by atoms with van der Waals surface area (Å²) in [6.45, 7) is 2.59. The van der Waals surface area contributed by atoms with Crippen molar-refractivity contribution < 1.29 is 14.3 Å².